The molecule has 2 aromatic rings. The van der Waals surface area contributed by atoms with Gasteiger partial charge in [-0.05, 0) is 6.07 Å². The van der Waals surface area contributed by atoms with Crippen molar-refractivity contribution in [1.29, 1.82) is 0 Å². The van der Waals surface area contributed by atoms with Crippen LogP contribution in [0.1, 0.15) is 24.2 Å². The van der Waals surface area contributed by atoms with Crippen molar-refractivity contribution >= 4 is 47.2 Å². The number of anilines is 1. The number of benzene rings is 1. The molecule has 1 fully saturated rings. The van der Waals surface area contributed by atoms with E-state index in [1.54, 1.807) is 7.11 Å². The SMILES string of the molecule is COc1ccccc1C1CNCCN1Cc1csc(NC(C)=O)n1.Cl.Cl. The zero-order chi connectivity index (χ0) is 16.9. The molecule has 2 N–H and O–H groups in total. The molecule has 144 valence electrons. The number of halogens is 2. The fourth-order valence-electron chi connectivity index (χ4n) is 2.98. The highest BCUT2D eigenvalue weighted by atomic mass is 35.5. The number of thiazole rings is 1. The maximum absolute atomic E-state index is 11.1. The van der Waals surface area contributed by atoms with Gasteiger partial charge in [0.05, 0.1) is 18.8 Å². The third-order valence-electron chi connectivity index (χ3n) is 4.05. The lowest BCUT2D eigenvalue weighted by Crippen LogP contribution is -2.45. The van der Waals surface area contributed by atoms with Crippen LogP contribution in [-0.2, 0) is 11.3 Å². The van der Waals surface area contributed by atoms with E-state index >= 15 is 0 Å². The second-order valence-corrected chi connectivity index (χ2v) is 6.62. The number of nitrogens with one attached hydrogen (secondary N) is 2. The molecule has 1 aliphatic rings. The number of rotatable bonds is 5. The Bertz CT molecular complexity index is 714. The highest BCUT2D eigenvalue weighted by molar-refractivity contribution is 7.13. The van der Waals surface area contributed by atoms with Crippen LogP contribution < -0.4 is 15.4 Å². The van der Waals surface area contributed by atoms with Gasteiger partial charge in [-0.1, -0.05) is 18.2 Å². The van der Waals surface area contributed by atoms with Gasteiger partial charge in [0.25, 0.3) is 0 Å². The Morgan fingerprint density at radius 3 is 2.92 bits per heavy atom. The predicted molar refractivity (Wildman–Crippen MR) is 110 cm³/mol. The van der Waals surface area contributed by atoms with Crippen molar-refractivity contribution in [3.63, 3.8) is 0 Å². The number of carbonyl (C=O) groups excluding carboxylic acids is 1. The van der Waals surface area contributed by atoms with E-state index in [1.165, 1.54) is 23.8 Å². The van der Waals surface area contributed by atoms with Crippen LogP contribution in [0.2, 0.25) is 0 Å². The maximum Gasteiger partial charge on any atom is 0.223 e. The van der Waals surface area contributed by atoms with Gasteiger partial charge in [0, 0.05) is 44.0 Å². The molecule has 6 nitrogen and oxygen atoms in total. The van der Waals surface area contributed by atoms with Crippen molar-refractivity contribution in [3.05, 3.63) is 40.9 Å². The minimum Gasteiger partial charge on any atom is -0.496 e. The molecule has 1 aromatic carbocycles. The fraction of sp³-hybridized carbons (Fsp3) is 0.412. The fourth-order valence-corrected chi connectivity index (χ4v) is 3.73. The summed E-state index contributed by atoms with van der Waals surface area (Å²) < 4.78 is 5.53. The van der Waals surface area contributed by atoms with E-state index < -0.39 is 0 Å². The molecular formula is C17H24Cl2N4O2S. The lowest BCUT2D eigenvalue weighted by atomic mass is 10.0. The molecule has 0 spiro atoms. The highest BCUT2D eigenvalue weighted by Gasteiger charge is 2.26. The van der Waals surface area contributed by atoms with E-state index in [-0.39, 0.29) is 36.8 Å². The van der Waals surface area contributed by atoms with Crippen LogP contribution in [0.15, 0.2) is 29.6 Å². The van der Waals surface area contributed by atoms with Crippen LogP contribution >= 0.6 is 36.2 Å². The van der Waals surface area contributed by atoms with Crippen molar-refractivity contribution < 1.29 is 9.53 Å². The minimum atomic E-state index is -0.0926. The van der Waals surface area contributed by atoms with Crippen molar-refractivity contribution in [2.24, 2.45) is 0 Å². The molecule has 1 unspecified atom stereocenters. The van der Waals surface area contributed by atoms with Crippen LogP contribution in [0.25, 0.3) is 0 Å². The number of ether oxygens (including phenoxy) is 1. The molecule has 1 atom stereocenters. The van der Waals surface area contributed by atoms with Gasteiger partial charge in [-0.2, -0.15) is 0 Å². The van der Waals surface area contributed by atoms with Crippen LogP contribution in [0, 0.1) is 0 Å². The van der Waals surface area contributed by atoms with Gasteiger partial charge in [-0.3, -0.25) is 9.69 Å². The van der Waals surface area contributed by atoms with Crippen LogP contribution in [0.3, 0.4) is 0 Å². The molecule has 0 saturated carbocycles. The summed E-state index contributed by atoms with van der Waals surface area (Å²) in [5.41, 5.74) is 2.16. The Balaban J connectivity index is 0.00000169. The molecule has 26 heavy (non-hydrogen) atoms. The van der Waals surface area contributed by atoms with Crippen LogP contribution in [0.5, 0.6) is 5.75 Å². The molecule has 1 saturated heterocycles. The number of piperazine rings is 1. The smallest absolute Gasteiger partial charge is 0.223 e. The van der Waals surface area contributed by atoms with E-state index in [4.69, 9.17) is 4.74 Å². The summed E-state index contributed by atoms with van der Waals surface area (Å²) in [4.78, 5) is 18.1. The number of nitrogens with zero attached hydrogens (tertiary/aromatic N) is 2. The molecule has 3 rings (SSSR count). The van der Waals surface area contributed by atoms with Crippen LogP contribution in [0.4, 0.5) is 5.13 Å². The quantitative estimate of drug-likeness (QED) is 0.780. The topological polar surface area (TPSA) is 66.5 Å². The summed E-state index contributed by atoms with van der Waals surface area (Å²) in [5.74, 6) is 0.818. The Morgan fingerprint density at radius 1 is 1.42 bits per heavy atom. The molecule has 2 heterocycles. The first kappa shape index (κ1) is 22.7. The Morgan fingerprint density at radius 2 is 2.19 bits per heavy atom. The molecular weight excluding hydrogens is 395 g/mol. The molecule has 0 bridgehead atoms. The maximum atomic E-state index is 11.1. The Labute approximate surface area is 170 Å². The summed E-state index contributed by atoms with van der Waals surface area (Å²) in [6.07, 6.45) is 0. The molecule has 0 radical (unpaired) electrons. The number of hydrogen-bond acceptors (Lipinski definition) is 6. The van der Waals surface area contributed by atoms with E-state index in [1.807, 2.05) is 23.6 Å². The first-order chi connectivity index (χ1) is 11.7. The van der Waals surface area contributed by atoms with Crippen molar-refractivity contribution in [3.8, 4) is 5.75 Å². The summed E-state index contributed by atoms with van der Waals surface area (Å²) >= 11 is 1.46. The molecule has 1 amide bonds. The molecule has 0 aliphatic carbocycles. The van der Waals surface area contributed by atoms with Gasteiger partial charge in [0.1, 0.15) is 5.75 Å². The summed E-state index contributed by atoms with van der Waals surface area (Å²) in [6.45, 7) is 5.02. The Kier molecular flexibility index (Phi) is 9.32. The summed E-state index contributed by atoms with van der Waals surface area (Å²) in [6, 6.07) is 8.39. The standard InChI is InChI=1S/C17H22N4O2S.2ClH/c1-12(22)19-17-20-13(11-24-17)10-21-8-7-18-9-15(21)14-5-3-4-6-16(14)23-2;;/h3-6,11,15,18H,7-10H2,1-2H3,(H,19,20,22);2*1H. The lowest BCUT2D eigenvalue weighted by molar-refractivity contribution is -0.114. The van der Waals surface area contributed by atoms with Crippen LogP contribution in [-0.4, -0.2) is 42.5 Å². The minimum absolute atomic E-state index is 0. The zero-order valence-electron chi connectivity index (χ0n) is 14.7. The second kappa shape index (κ2) is 10.7. The van der Waals surface area contributed by atoms with Crippen molar-refractivity contribution in [2.75, 3.05) is 32.1 Å². The second-order valence-electron chi connectivity index (χ2n) is 5.76. The zero-order valence-corrected chi connectivity index (χ0v) is 17.2. The van der Waals surface area contributed by atoms with Gasteiger partial charge in [-0.25, -0.2) is 4.98 Å². The number of carbonyl (C=O) groups is 1. The van der Waals surface area contributed by atoms with E-state index in [9.17, 15) is 4.79 Å². The number of aromatic nitrogens is 1. The van der Waals surface area contributed by atoms with Gasteiger partial charge in [0.2, 0.25) is 5.91 Å². The van der Waals surface area contributed by atoms with E-state index in [0.29, 0.717) is 5.13 Å². The number of methoxy groups -OCH3 is 1. The third-order valence-corrected chi connectivity index (χ3v) is 4.86. The Hall–Kier alpha value is -1.38. The average molecular weight is 419 g/mol. The largest absolute Gasteiger partial charge is 0.496 e. The normalized spacial score (nSPS) is 16.9. The molecule has 1 aliphatic heterocycles. The monoisotopic (exact) mass is 418 g/mol. The van der Waals surface area contributed by atoms with Crippen molar-refractivity contribution in [1.82, 2.24) is 15.2 Å². The lowest BCUT2D eigenvalue weighted by Gasteiger charge is -2.36. The first-order valence-electron chi connectivity index (χ1n) is 7.97. The van der Waals surface area contributed by atoms with E-state index in [0.717, 1.165) is 37.6 Å². The summed E-state index contributed by atoms with van der Waals surface area (Å²) in [7, 11) is 1.71. The summed E-state index contributed by atoms with van der Waals surface area (Å²) in [5, 5.41) is 8.86. The molecule has 1 aromatic heterocycles. The van der Waals surface area contributed by atoms with Gasteiger partial charge >= 0.3 is 0 Å². The highest BCUT2D eigenvalue weighted by Crippen LogP contribution is 2.31. The van der Waals surface area contributed by atoms with Gasteiger partial charge in [0.15, 0.2) is 5.13 Å². The average Bonchev–Trinajstić information content (AvgIpc) is 3.01. The number of hydrogen-bond donors (Lipinski definition) is 2. The first-order valence-corrected chi connectivity index (χ1v) is 8.85. The number of para-hydroxylation sites is 1. The predicted octanol–water partition coefficient (Wildman–Crippen LogP) is 3.10. The number of amides is 1. The van der Waals surface area contributed by atoms with Gasteiger partial charge < -0.3 is 15.4 Å². The van der Waals surface area contributed by atoms with Crippen molar-refractivity contribution in [2.45, 2.75) is 19.5 Å². The molecule has 9 heteroatoms. The van der Waals surface area contributed by atoms with Gasteiger partial charge in [-0.15, -0.1) is 36.2 Å². The van der Waals surface area contributed by atoms with E-state index in [2.05, 4.69) is 26.6 Å². The third kappa shape index (κ3) is 5.56.